The number of carbonyl (C=O) groups is 2. The van der Waals surface area contributed by atoms with Crippen molar-refractivity contribution in [3.63, 3.8) is 0 Å². The zero-order chi connectivity index (χ0) is 22.9. The minimum Gasteiger partial charge on any atom is -0.490 e. The number of thioether (sulfide) groups is 1. The molecule has 0 bridgehead atoms. The number of halogens is 1. The number of ether oxygens (including phenoxy) is 3. The number of benzene rings is 2. The molecule has 10 heteroatoms. The molecule has 3 rings (SSSR count). The lowest BCUT2D eigenvalue weighted by atomic mass is 10.2. The van der Waals surface area contributed by atoms with Crippen LogP contribution in [0.2, 0.25) is 5.02 Å². The molecule has 1 aliphatic heterocycles. The van der Waals surface area contributed by atoms with Crippen molar-refractivity contribution in [3.05, 3.63) is 69.6 Å². The van der Waals surface area contributed by atoms with Crippen molar-refractivity contribution in [3.8, 4) is 11.5 Å². The molecule has 0 aromatic heterocycles. The Morgan fingerprint density at radius 3 is 2.75 bits per heavy atom. The second kappa shape index (κ2) is 11.4. The Hall–Kier alpha value is -3.30. The van der Waals surface area contributed by atoms with E-state index in [1.54, 1.807) is 18.2 Å². The van der Waals surface area contributed by atoms with Crippen LogP contribution in [0.1, 0.15) is 18.1 Å². The smallest absolute Gasteiger partial charge is 0.331 e. The number of methoxy groups -OCH3 is 1. The average molecular weight is 474 g/mol. The largest absolute Gasteiger partial charge is 0.490 e. The molecule has 2 aromatic rings. The minimum absolute atomic E-state index is 0.185. The van der Waals surface area contributed by atoms with Gasteiger partial charge in [-0.05, 0) is 48.5 Å². The van der Waals surface area contributed by atoms with Gasteiger partial charge < -0.3 is 14.2 Å². The zero-order valence-corrected chi connectivity index (χ0v) is 18.9. The molecule has 2 aromatic carbocycles. The lowest BCUT2D eigenvalue weighted by Crippen LogP contribution is -2.19. The van der Waals surface area contributed by atoms with Gasteiger partial charge in [0.1, 0.15) is 6.61 Å². The summed E-state index contributed by atoms with van der Waals surface area (Å²) >= 11 is 7.18. The number of amidine groups is 1. The van der Waals surface area contributed by atoms with E-state index in [0.717, 1.165) is 29.0 Å². The Kier molecular flexibility index (Phi) is 8.29. The van der Waals surface area contributed by atoms with Crippen molar-refractivity contribution >= 4 is 46.6 Å². The number of rotatable bonds is 8. The van der Waals surface area contributed by atoms with Gasteiger partial charge in [0.2, 0.25) is 0 Å². The number of carbonyl (C=O) groups excluding carboxylic acids is 2. The molecule has 8 nitrogen and oxygen atoms in total. The van der Waals surface area contributed by atoms with Gasteiger partial charge in [0.15, 0.2) is 16.7 Å². The van der Waals surface area contributed by atoms with Crippen LogP contribution in [0, 0.1) is 0 Å². The third kappa shape index (κ3) is 6.35. The molecule has 0 unspecified atom stereocenters. The van der Waals surface area contributed by atoms with Crippen molar-refractivity contribution in [2.75, 3.05) is 13.7 Å². The monoisotopic (exact) mass is 473 g/mol. The summed E-state index contributed by atoms with van der Waals surface area (Å²) in [4.78, 5) is 23.3. The Morgan fingerprint density at radius 1 is 1.19 bits per heavy atom. The van der Waals surface area contributed by atoms with Crippen molar-refractivity contribution in [2.24, 2.45) is 10.2 Å². The molecule has 1 N–H and O–H groups in total. The van der Waals surface area contributed by atoms with Gasteiger partial charge in [-0.15, -0.1) is 5.10 Å². The average Bonchev–Trinajstić information content (AvgIpc) is 3.13. The highest BCUT2D eigenvalue weighted by molar-refractivity contribution is 8.18. The van der Waals surface area contributed by atoms with Crippen LogP contribution in [0.3, 0.4) is 0 Å². The molecule has 1 saturated heterocycles. The quantitative estimate of drug-likeness (QED) is 0.270. The summed E-state index contributed by atoms with van der Waals surface area (Å²) in [6, 6.07) is 12.8. The summed E-state index contributed by atoms with van der Waals surface area (Å²) in [5, 5.41) is 11.4. The third-order valence-electron chi connectivity index (χ3n) is 4.07. The topological polar surface area (TPSA) is 98.6 Å². The summed E-state index contributed by atoms with van der Waals surface area (Å²) in [5.41, 5.74) is 1.59. The lowest BCUT2D eigenvalue weighted by molar-refractivity contribution is -0.135. The molecule has 166 valence electrons. The van der Waals surface area contributed by atoms with E-state index in [4.69, 9.17) is 21.1 Å². The zero-order valence-electron chi connectivity index (χ0n) is 17.3. The predicted octanol–water partition coefficient (Wildman–Crippen LogP) is 3.93. The highest BCUT2D eigenvalue weighted by Gasteiger charge is 2.25. The molecule has 1 aliphatic rings. The number of hydrogen-bond donors (Lipinski definition) is 1. The Labute approximate surface area is 194 Å². The Bertz CT molecular complexity index is 1100. The minimum atomic E-state index is -0.618. The lowest BCUT2D eigenvalue weighted by Gasteiger charge is -2.13. The van der Waals surface area contributed by atoms with Crippen LogP contribution in [0.25, 0.3) is 0 Å². The van der Waals surface area contributed by atoms with E-state index in [1.807, 2.05) is 31.2 Å². The summed E-state index contributed by atoms with van der Waals surface area (Å²) in [5.74, 6) is 0.0788. The van der Waals surface area contributed by atoms with Crippen LogP contribution in [0.15, 0.2) is 63.6 Å². The van der Waals surface area contributed by atoms with Crippen LogP contribution >= 0.6 is 23.4 Å². The first-order valence-electron chi connectivity index (χ1n) is 9.53. The first-order chi connectivity index (χ1) is 15.5. The fourth-order valence-electron chi connectivity index (χ4n) is 2.55. The van der Waals surface area contributed by atoms with E-state index < -0.39 is 11.9 Å². The number of nitrogens with one attached hydrogen (secondary N) is 1. The summed E-state index contributed by atoms with van der Waals surface area (Å²) < 4.78 is 16.1. The summed E-state index contributed by atoms with van der Waals surface area (Å²) in [6.45, 7) is 2.65. The molecule has 32 heavy (non-hydrogen) atoms. The highest BCUT2D eigenvalue weighted by atomic mass is 35.5. The first-order valence-corrected chi connectivity index (χ1v) is 10.7. The summed E-state index contributed by atoms with van der Waals surface area (Å²) in [7, 11) is 1.24. The fourth-order valence-corrected chi connectivity index (χ4v) is 3.48. The van der Waals surface area contributed by atoms with Gasteiger partial charge in [-0.2, -0.15) is 5.10 Å². The maximum Gasteiger partial charge on any atom is 0.331 e. The molecule has 0 aliphatic carbocycles. The van der Waals surface area contributed by atoms with Gasteiger partial charge in [0.25, 0.3) is 5.91 Å². The molecular formula is C22H20ClN3O5S. The van der Waals surface area contributed by atoms with E-state index in [1.165, 1.54) is 13.3 Å². The number of esters is 1. The SMILES string of the molecule is CCOc1cc(C=N/N=C2/NC(=O)/C(=C\C(=O)OC)S2)ccc1OCc1ccccc1Cl. The van der Waals surface area contributed by atoms with Crippen molar-refractivity contribution in [1.82, 2.24) is 5.32 Å². The number of amides is 1. The second-order valence-corrected chi connectivity index (χ2v) is 7.69. The highest BCUT2D eigenvalue weighted by Crippen LogP contribution is 2.30. The van der Waals surface area contributed by atoms with E-state index in [0.29, 0.717) is 29.7 Å². The molecule has 0 radical (unpaired) electrons. The molecule has 0 saturated carbocycles. The molecule has 1 heterocycles. The van der Waals surface area contributed by atoms with Gasteiger partial charge in [0.05, 0.1) is 24.8 Å². The van der Waals surface area contributed by atoms with Crippen molar-refractivity contribution in [2.45, 2.75) is 13.5 Å². The molecule has 1 amide bonds. The predicted molar refractivity (Wildman–Crippen MR) is 124 cm³/mol. The van der Waals surface area contributed by atoms with Gasteiger partial charge in [-0.1, -0.05) is 29.8 Å². The Balaban J connectivity index is 1.69. The molecule has 0 spiro atoms. The van der Waals surface area contributed by atoms with Crippen molar-refractivity contribution < 1.29 is 23.8 Å². The standard InChI is InChI=1S/C22H20ClN3O5S/c1-3-30-18-10-14(8-9-17(18)31-13-15-6-4-5-7-16(15)23)12-24-26-22-25-21(28)19(32-22)11-20(27)29-2/h4-12H,3,13H2,1-2H3,(H,25,26,28)/b19-11+,24-12?. The first kappa shape index (κ1) is 23.4. The van der Waals surface area contributed by atoms with E-state index in [2.05, 4.69) is 20.3 Å². The number of nitrogens with zero attached hydrogens (tertiary/aromatic N) is 2. The maximum absolute atomic E-state index is 11.8. The normalized spacial score (nSPS) is 15.9. The van der Waals surface area contributed by atoms with Crippen LogP contribution in [0.4, 0.5) is 0 Å². The number of hydrogen-bond acceptors (Lipinski definition) is 8. The van der Waals surface area contributed by atoms with Crippen LogP contribution in [0.5, 0.6) is 11.5 Å². The maximum atomic E-state index is 11.8. The third-order valence-corrected chi connectivity index (χ3v) is 5.33. The van der Waals surface area contributed by atoms with Crippen LogP contribution in [-0.4, -0.2) is 37.0 Å². The Morgan fingerprint density at radius 2 is 2.00 bits per heavy atom. The molecule has 0 atom stereocenters. The van der Waals surface area contributed by atoms with Gasteiger partial charge in [-0.25, -0.2) is 4.79 Å². The molecule has 1 fully saturated rings. The summed E-state index contributed by atoms with van der Waals surface area (Å²) in [6.07, 6.45) is 2.62. The van der Waals surface area contributed by atoms with Crippen molar-refractivity contribution in [1.29, 1.82) is 0 Å². The van der Waals surface area contributed by atoms with Gasteiger partial charge >= 0.3 is 5.97 Å². The van der Waals surface area contributed by atoms with Crippen LogP contribution in [-0.2, 0) is 20.9 Å². The van der Waals surface area contributed by atoms with E-state index >= 15 is 0 Å². The van der Waals surface area contributed by atoms with E-state index in [-0.39, 0.29) is 10.1 Å². The second-order valence-electron chi connectivity index (χ2n) is 6.26. The molecular weight excluding hydrogens is 454 g/mol. The van der Waals surface area contributed by atoms with Crippen LogP contribution < -0.4 is 14.8 Å². The van der Waals surface area contributed by atoms with E-state index in [9.17, 15) is 9.59 Å². The van der Waals surface area contributed by atoms with Gasteiger partial charge in [0, 0.05) is 16.7 Å². The van der Waals surface area contributed by atoms with Gasteiger partial charge in [-0.3, -0.25) is 10.1 Å². The fraction of sp³-hybridized carbons (Fsp3) is 0.182.